The van der Waals surface area contributed by atoms with Crippen molar-refractivity contribution in [2.75, 3.05) is 6.54 Å². The van der Waals surface area contributed by atoms with Crippen LogP contribution < -0.4 is 11.4 Å². The number of H-pyrrole nitrogens is 1. The molecule has 1 aromatic carbocycles. The van der Waals surface area contributed by atoms with Crippen LogP contribution in [0.1, 0.15) is 30.7 Å². The zero-order valence-electron chi connectivity index (χ0n) is 11.2. The second kappa shape index (κ2) is 6.33. The van der Waals surface area contributed by atoms with Gasteiger partial charge >= 0.3 is 5.69 Å². The molecular weight excluding hydrogens is 240 g/mol. The molecule has 5 nitrogen and oxygen atoms in total. The molecule has 0 saturated heterocycles. The molecule has 0 aliphatic carbocycles. The fourth-order valence-electron chi connectivity index (χ4n) is 2.06. The lowest BCUT2D eigenvalue weighted by Crippen LogP contribution is -2.17. The lowest BCUT2D eigenvalue weighted by molar-refractivity contribution is 0.661. The minimum atomic E-state index is -0.183. The van der Waals surface area contributed by atoms with Crippen molar-refractivity contribution >= 4 is 0 Å². The Morgan fingerprint density at radius 3 is 2.63 bits per heavy atom. The summed E-state index contributed by atoms with van der Waals surface area (Å²) in [6.45, 7) is 2.74. The first-order chi connectivity index (χ1) is 9.22. The van der Waals surface area contributed by atoms with Crippen LogP contribution in [0.3, 0.4) is 0 Å². The molecular formula is C14H20N4O. The lowest BCUT2D eigenvalue weighted by Gasteiger charge is -2.06. The average Bonchev–Trinajstić information content (AvgIpc) is 2.77. The zero-order chi connectivity index (χ0) is 13.7. The molecule has 0 bridgehead atoms. The van der Waals surface area contributed by atoms with Gasteiger partial charge < -0.3 is 5.73 Å². The quantitative estimate of drug-likeness (QED) is 0.773. The van der Waals surface area contributed by atoms with Gasteiger partial charge in [-0.2, -0.15) is 5.10 Å². The largest absolute Gasteiger partial charge is 0.347 e. The highest BCUT2D eigenvalue weighted by atomic mass is 16.1. The summed E-state index contributed by atoms with van der Waals surface area (Å²) in [6, 6.07) is 7.87. The summed E-state index contributed by atoms with van der Waals surface area (Å²) in [4.78, 5) is 11.8. The second-order valence-electron chi connectivity index (χ2n) is 4.72. The molecule has 0 aliphatic rings. The molecule has 0 atom stereocenters. The van der Waals surface area contributed by atoms with E-state index in [2.05, 4.69) is 10.2 Å². The third-order valence-corrected chi connectivity index (χ3v) is 3.14. The summed E-state index contributed by atoms with van der Waals surface area (Å²) in [5, 5.41) is 6.63. The Morgan fingerprint density at radius 2 is 1.95 bits per heavy atom. The van der Waals surface area contributed by atoms with E-state index in [9.17, 15) is 4.79 Å². The van der Waals surface area contributed by atoms with E-state index in [1.54, 1.807) is 4.57 Å². The monoisotopic (exact) mass is 260 g/mol. The molecule has 0 amide bonds. The van der Waals surface area contributed by atoms with Crippen LogP contribution in [0.25, 0.3) is 5.69 Å². The Kier molecular flexibility index (Phi) is 4.52. The fourth-order valence-corrected chi connectivity index (χ4v) is 2.06. The first-order valence-corrected chi connectivity index (χ1v) is 6.66. The molecule has 0 aliphatic heterocycles. The van der Waals surface area contributed by atoms with Gasteiger partial charge in [0.15, 0.2) is 0 Å². The minimum Gasteiger partial charge on any atom is -0.330 e. The number of unbranched alkanes of at least 4 members (excludes halogenated alkanes) is 2. The van der Waals surface area contributed by atoms with Crippen molar-refractivity contribution in [3.05, 3.63) is 46.1 Å². The minimum absolute atomic E-state index is 0.183. The molecule has 1 heterocycles. The smallest absolute Gasteiger partial charge is 0.330 e. The SMILES string of the molecule is Cc1ccc(-n2c(CCCCCN)n[nH]c2=O)cc1. The van der Waals surface area contributed by atoms with Gasteiger partial charge in [-0.1, -0.05) is 24.1 Å². The van der Waals surface area contributed by atoms with E-state index >= 15 is 0 Å². The predicted octanol–water partition coefficient (Wildman–Crippen LogP) is 1.54. The number of aromatic nitrogens is 3. The molecule has 0 fully saturated rings. The molecule has 0 unspecified atom stereocenters. The van der Waals surface area contributed by atoms with Crippen molar-refractivity contribution < 1.29 is 0 Å². The van der Waals surface area contributed by atoms with E-state index in [1.807, 2.05) is 31.2 Å². The van der Waals surface area contributed by atoms with E-state index in [-0.39, 0.29) is 5.69 Å². The lowest BCUT2D eigenvalue weighted by atomic mass is 10.2. The van der Waals surface area contributed by atoms with Gasteiger partial charge in [0, 0.05) is 6.42 Å². The molecule has 0 saturated carbocycles. The van der Waals surface area contributed by atoms with Crippen LogP contribution in [0.15, 0.2) is 29.1 Å². The number of nitrogens with zero attached hydrogens (tertiary/aromatic N) is 2. The van der Waals surface area contributed by atoms with Crippen LogP contribution in [-0.4, -0.2) is 21.3 Å². The number of aryl methyl sites for hydroxylation is 2. The van der Waals surface area contributed by atoms with Gasteiger partial charge in [-0.15, -0.1) is 0 Å². The van der Waals surface area contributed by atoms with Crippen LogP contribution in [-0.2, 0) is 6.42 Å². The number of nitrogens with one attached hydrogen (secondary N) is 1. The van der Waals surface area contributed by atoms with Gasteiger partial charge in [0.05, 0.1) is 5.69 Å². The zero-order valence-corrected chi connectivity index (χ0v) is 11.2. The van der Waals surface area contributed by atoms with Crippen molar-refractivity contribution in [1.82, 2.24) is 14.8 Å². The topological polar surface area (TPSA) is 76.7 Å². The van der Waals surface area contributed by atoms with Gasteiger partial charge in [-0.3, -0.25) is 0 Å². The highest BCUT2D eigenvalue weighted by Crippen LogP contribution is 2.10. The van der Waals surface area contributed by atoms with Crippen LogP contribution >= 0.6 is 0 Å². The number of rotatable bonds is 6. The fraction of sp³-hybridized carbons (Fsp3) is 0.429. The van der Waals surface area contributed by atoms with Crippen molar-refractivity contribution in [3.8, 4) is 5.69 Å². The number of aromatic amines is 1. The summed E-state index contributed by atoms with van der Waals surface area (Å²) in [5.41, 5.74) is 7.32. The van der Waals surface area contributed by atoms with Crippen LogP contribution in [0, 0.1) is 6.92 Å². The highest BCUT2D eigenvalue weighted by molar-refractivity contribution is 5.34. The van der Waals surface area contributed by atoms with Gasteiger partial charge in [0.1, 0.15) is 5.82 Å². The Morgan fingerprint density at radius 1 is 1.21 bits per heavy atom. The Bertz CT molecular complexity index is 568. The standard InChI is InChI=1S/C14H20N4O/c1-11-6-8-12(9-7-11)18-13(16-17-14(18)19)5-3-2-4-10-15/h6-9H,2-5,10,15H2,1H3,(H,17,19). The maximum absolute atomic E-state index is 11.8. The van der Waals surface area contributed by atoms with Crippen molar-refractivity contribution in [2.24, 2.45) is 5.73 Å². The van der Waals surface area contributed by atoms with Gasteiger partial charge in [-0.05, 0) is 38.4 Å². The Labute approximate surface area is 112 Å². The Balaban J connectivity index is 2.18. The molecule has 1 aromatic heterocycles. The molecule has 2 rings (SSSR count). The van der Waals surface area contributed by atoms with Crippen molar-refractivity contribution in [2.45, 2.75) is 32.6 Å². The van der Waals surface area contributed by atoms with Crippen molar-refractivity contribution in [1.29, 1.82) is 0 Å². The number of hydrogen-bond donors (Lipinski definition) is 2. The summed E-state index contributed by atoms with van der Waals surface area (Å²) >= 11 is 0. The van der Waals surface area contributed by atoms with Gasteiger partial charge in [-0.25, -0.2) is 14.5 Å². The van der Waals surface area contributed by atoms with E-state index in [1.165, 1.54) is 5.56 Å². The molecule has 19 heavy (non-hydrogen) atoms. The molecule has 3 N–H and O–H groups in total. The van der Waals surface area contributed by atoms with E-state index in [0.29, 0.717) is 6.54 Å². The van der Waals surface area contributed by atoms with E-state index < -0.39 is 0 Å². The first-order valence-electron chi connectivity index (χ1n) is 6.66. The van der Waals surface area contributed by atoms with Crippen LogP contribution in [0.4, 0.5) is 0 Å². The van der Waals surface area contributed by atoms with E-state index in [4.69, 9.17) is 5.73 Å². The van der Waals surface area contributed by atoms with Gasteiger partial charge in [0.2, 0.25) is 0 Å². The number of hydrogen-bond acceptors (Lipinski definition) is 3. The third kappa shape index (κ3) is 3.32. The van der Waals surface area contributed by atoms with E-state index in [0.717, 1.165) is 37.2 Å². The molecule has 102 valence electrons. The predicted molar refractivity (Wildman–Crippen MR) is 75.5 cm³/mol. The number of nitrogens with two attached hydrogens (primary N) is 1. The second-order valence-corrected chi connectivity index (χ2v) is 4.72. The third-order valence-electron chi connectivity index (χ3n) is 3.14. The summed E-state index contributed by atoms with van der Waals surface area (Å²) in [6.07, 6.45) is 3.85. The first kappa shape index (κ1) is 13.5. The maximum Gasteiger partial charge on any atom is 0.347 e. The molecule has 2 aromatic rings. The summed E-state index contributed by atoms with van der Waals surface area (Å²) < 4.78 is 1.64. The summed E-state index contributed by atoms with van der Waals surface area (Å²) in [7, 11) is 0. The van der Waals surface area contributed by atoms with Crippen molar-refractivity contribution in [3.63, 3.8) is 0 Å². The highest BCUT2D eigenvalue weighted by Gasteiger charge is 2.09. The molecule has 5 heteroatoms. The van der Waals surface area contributed by atoms with Gasteiger partial charge in [0.25, 0.3) is 0 Å². The number of benzene rings is 1. The Hall–Kier alpha value is -1.88. The maximum atomic E-state index is 11.8. The van der Waals surface area contributed by atoms with Crippen LogP contribution in [0.5, 0.6) is 0 Å². The molecule has 0 spiro atoms. The summed E-state index contributed by atoms with van der Waals surface area (Å²) in [5.74, 6) is 0.783. The molecule has 0 radical (unpaired) electrons. The normalized spacial score (nSPS) is 10.8. The average molecular weight is 260 g/mol. The van der Waals surface area contributed by atoms with Crippen LogP contribution in [0.2, 0.25) is 0 Å².